The fraction of sp³-hybridized carbons (Fsp3) is 0.278. The lowest BCUT2D eigenvalue weighted by Gasteiger charge is -2.23. The molecule has 21 heavy (non-hydrogen) atoms. The molecule has 0 spiro atoms. The number of nitrogens with two attached hydrogens (primary N) is 1. The van der Waals surface area contributed by atoms with Crippen LogP contribution in [0.25, 0.3) is 0 Å². The van der Waals surface area contributed by atoms with Crippen LogP contribution in [0.1, 0.15) is 28.4 Å². The molecule has 1 amide bonds. The number of carbonyl (C=O) groups is 1. The van der Waals surface area contributed by atoms with Crippen molar-refractivity contribution in [2.24, 2.45) is 5.73 Å². The molecule has 0 saturated heterocycles. The van der Waals surface area contributed by atoms with E-state index in [1.807, 2.05) is 67.3 Å². The van der Waals surface area contributed by atoms with Crippen LogP contribution in [0, 0.1) is 6.92 Å². The Bertz CT molecular complexity index is 605. The van der Waals surface area contributed by atoms with Crippen molar-refractivity contribution in [3.05, 3.63) is 65.2 Å². The topological polar surface area (TPSA) is 46.3 Å². The van der Waals surface area contributed by atoms with E-state index >= 15 is 0 Å². The maximum absolute atomic E-state index is 12.7. The number of rotatable bonds is 5. The van der Waals surface area contributed by atoms with E-state index in [1.54, 1.807) is 0 Å². The van der Waals surface area contributed by atoms with Crippen LogP contribution in [0.3, 0.4) is 0 Å². The largest absolute Gasteiger partial charge is 0.330 e. The van der Waals surface area contributed by atoms with Gasteiger partial charge in [-0.15, -0.1) is 0 Å². The van der Waals surface area contributed by atoms with Crippen molar-refractivity contribution in [2.45, 2.75) is 20.3 Å². The van der Waals surface area contributed by atoms with Gasteiger partial charge in [-0.1, -0.05) is 30.3 Å². The Morgan fingerprint density at radius 1 is 1.10 bits per heavy atom. The molecule has 0 unspecified atom stereocenters. The average Bonchev–Trinajstić information content (AvgIpc) is 2.51. The molecule has 3 heteroatoms. The smallest absolute Gasteiger partial charge is 0.258 e. The van der Waals surface area contributed by atoms with E-state index < -0.39 is 0 Å². The summed E-state index contributed by atoms with van der Waals surface area (Å²) in [6, 6.07) is 15.7. The van der Waals surface area contributed by atoms with Crippen molar-refractivity contribution >= 4 is 11.6 Å². The van der Waals surface area contributed by atoms with E-state index in [9.17, 15) is 4.79 Å². The van der Waals surface area contributed by atoms with Crippen LogP contribution in [0.15, 0.2) is 48.5 Å². The van der Waals surface area contributed by atoms with E-state index in [2.05, 4.69) is 0 Å². The summed E-state index contributed by atoms with van der Waals surface area (Å²) in [6.07, 6.45) is 0.837. The third kappa shape index (κ3) is 3.50. The van der Waals surface area contributed by atoms with Gasteiger partial charge < -0.3 is 10.6 Å². The molecule has 2 rings (SSSR count). The molecule has 2 aromatic rings. The maximum Gasteiger partial charge on any atom is 0.258 e. The molecule has 0 fully saturated rings. The molecule has 0 aliphatic heterocycles. The molecule has 0 atom stereocenters. The summed E-state index contributed by atoms with van der Waals surface area (Å²) >= 11 is 0. The number of anilines is 1. The molecule has 0 aromatic heterocycles. The minimum atomic E-state index is 0.0334. The summed E-state index contributed by atoms with van der Waals surface area (Å²) in [5.74, 6) is 0.0334. The minimum Gasteiger partial charge on any atom is -0.330 e. The highest BCUT2D eigenvalue weighted by molar-refractivity contribution is 6.06. The number of nitrogens with zero attached hydrogens (tertiary/aromatic N) is 1. The first-order chi connectivity index (χ1) is 10.2. The fourth-order valence-electron chi connectivity index (χ4n) is 2.43. The molecular weight excluding hydrogens is 260 g/mol. The molecule has 110 valence electrons. The number of amides is 1. The van der Waals surface area contributed by atoms with E-state index in [-0.39, 0.29) is 5.91 Å². The lowest BCUT2D eigenvalue weighted by atomic mass is 10.1. The Balaban J connectivity index is 2.26. The average molecular weight is 282 g/mol. The molecule has 0 heterocycles. The van der Waals surface area contributed by atoms with Crippen molar-refractivity contribution < 1.29 is 4.79 Å². The zero-order chi connectivity index (χ0) is 15.2. The molecule has 0 saturated carbocycles. The first kappa shape index (κ1) is 15.3. The first-order valence-electron chi connectivity index (χ1n) is 7.34. The van der Waals surface area contributed by atoms with Crippen molar-refractivity contribution in [3.63, 3.8) is 0 Å². The van der Waals surface area contributed by atoms with E-state index in [1.165, 1.54) is 0 Å². The maximum atomic E-state index is 12.7. The molecule has 0 aliphatic rings. The SMILES string of the molecule is CCN(C(=O)c1ccc(CCN)cc1)c1ccccc1C. The van der Waals surface area contributed by atoms with Gasteiger partial charge in [-0.2, -0.15) is 0 Å². The summed E-state index contributed by atoms with van der Waals surface area (Å²) in [5.41, 5.74) is 9.49. The molecule has 0 radical (unpaired) electrons. The standard InChI is InChI=1S/C18H22N2O/c1-3-20(17-7-5-4-6-14(17)2)18(21)16-10-8-15(9-11-16)12-13-19/h4-11H,3,12-13,19H2,1-2H3. The van der Waals surface area contributed by atoms with Crippen molar-refractivity contribution in [1.29, 1.82) is 0 Å². The van der Waals surface area contributed by atoms with Gasteiger partial charge >= 0.3 is 0 Å². The monoisotopic (exact) mass is 282 g/mol. The van der Waals surface area contributed by atoms with Crippen LogP contribution in [0.2, 0.25) is 0 Å². The number of para-hydroxylation sites is 1. The fourth-order valence-corrected chi connectivity index (χ4v) is 2.43. The molecule has 3 nitrogen and oxygen atoms in total. The lowest BCUT2D eigenvalue weighted by molar-refractivity contribution is 0.0988. The molecule has 2 aromatic carbocycles. The van der Waals surface area contributed by atoms with E-state index in [0.29, 0.717) is 18.7 Å². The summed E-state index contributed by atoms with van der Waals surface area (Å²) in [4.78, 5) is 14.5. The molecule has 2 N–H and O–H groups in total. The Kier molecular flexibility index (Phi) is 5.12. The van der Waals surface area contributed by atoms with Crippen molar-refractivity contribution in [3.8, 4) is 0 Å². The van der Waals surface area contributed by atoms with Crippen molar-refractivity contribution in [1.82, 2.24) is 0 Å². The molecule has 0 bridgehead atoms. The molecular formula is C18H22N2O. The van der Waals surface area contributed by atoms with Crippen LogP contribution in [-0.2, 0) is 6.42 Å². The van der Waals surface area contributed by atoms with Gasteiger partial charge in [0.15, 0.2) is 0 Å². The highest BCUT2D eigenvalue weighted by Crippen LogP contribution is 2.21. The van der Waals surface area contributed by atoms with Crippen LogP contribution in [0.5, 0.6) is 0 Å². The predicted molar refractivity (Wildman–Crippen MR) is 87.7 cm³/mol. The van der Waals surface area contributed by atoms with Gasteiger partial charge in [-0.05, 0) is 56.1 Å². The first-order valence-corrected chi connectivity index (χ1v) is 7.34. The van der Waals surface area contributed by atoms with Crippen LogP contribution >= 0.6 is 0 Å². The molecule has 0 aliphatic carbocycles. The van der Waals surface area contributed by atoms with Gasteiger partial charge in [0.25, 0.3) is 5.91 Å². The summed E-state index contributed by atoms with van der Waals surface area (Å²) < 4.78 is 0. The number of hydrogen-bond donors (Lipinski definition) is 1. The normalized spacial score (nSPS) is 10.4. The quantitative estimate of drug-likeness (QED) is 0.915. The number of hydrogen-bond acceptors (Lipinski definition) is 2. The predicted octanol–water partition coefficient (Wildman–Crippen LogP) is 3.16. The number of benzene rings is 2. The van der Waals surface area contributed by atoms with E-state index in [4.69, 9.17) is 5.73 Å². The van der Waals surface area contributed by atoms with Gasteiger partial charge in [0, 0.05) is 17.8 Å². The second-order valence-corrected chi connectivity index (χ2v) is 5.07. The Morgan fingerprint density at radius 2 is 1.76 bits per heavy atom. The Morgan fingerprint density at radius 3 is 2.33 bits per heavy atom. The van der Waals surface area contributed by atoms with Gasteiger partial charge in [-0.3, -0.25) is 4.79 Å². The highest BCUT2D eigenvalue weighted by atomic mass is 16.2. The van der Waals surface area contributed by atoms with Gasteiger partial charge in [0.1, 0.15) is 0 Å². The summed E-state index contributed by atoms with van der Waals surface area (Å²) in [7, 11) is 0. The second kappa shape index (κ2) is 7.04. The lowest BCUT2D eigenvalue weighted by Crippen LogP contribution is -2.31. The number of carbonyl (C=O) groups excluding carboxylic acids is 1. The summed E-state index contributed by atoms with van der Waals surface area (Å²) in [5, 5.41) is 0. The Hall–Kier alpha value is -2.13. The Labute approximate surface area is 126 Å². The van der Waals surface area contributed by atoms with Crippen LogP contribution in [0.4, 0.5) is 5.69 Å². The third-order valence-electron chi connectivity index (χ3n) is 3.60. The van der Waals surface area contributed by atoms with Crippen molar-refractivity contribution in [2.75, 3.05) is 18.0 Å². The van der Waals surface area contributed by atoms with Crippen LogP contribution < -0.4 is 10.6 Å². The zero-order valence-electron chi connectivity index (χ0n) is 12.7. The van der Waals surface area contributed by atoms with Crippen LogP contribution in [-0.4, -0.2) is 19.0 Å². The van der Waals surface area contributed by atoms with E-state index in [0.717, 1.165) is 23.2 Å². The number of aryl methyl sites for hydroxylation is 1. The van der Waals surface area contributed by atoms with Gasteiger partial charge in [-0.25, -0.2) is 0 Å². The third-order valence-corrected chi connectivity index (χ3v) is 3.60. The van der Waals surface area contributed by atoms with Gasteiger partial charge in [0.2, 0.25) is 0 Å². The zero-order valence-corrected chi connectivity index (χ0v) is 12.7. The van der Waals surface area contributed by atoms with Gasteiger partial charge in [0.05, 0.1) is 0 Å². The highest BCUT2D eigenvalue weighted by Gasteiger charge is 2.17. The minimum absolute atomic E-state index is 0.0334. The summed E-state index contributed by atoms with van der Waals surface area (Å²) in [6.45, 7) is 5.29. The second-order valence-electron chi connectivity index (χ2n) is 5.07.